The lowest BCUT2D eigenvalue weighted by Crippen LogP contribution is -2.10. The SMILES string of the molecule is c1ccc(-c2ccc(-c3ccc(N(c4ccc(-c5ccccc5)cc4)c4ccc5c(c4)c4cc(-c6ccc(N(c7ccccc7)c7ccc(-c8ccccc8)cc7)cc6)ccc4n5-c4ccc5c6ccccc6c6ccccc6c5c4)cc3)cc2)cc1. The molecule has 0 atom stereocenters. The lowest BCUT2D eigenvalue weighted by atomic mass is 9.94. The predicted molar refractivity (Wildman–Crippen MR) is 370 cm³/mol. The number of aromatic nitrogens is 1. The average molecular weight is 1110 g/mol. The van der Waals surface area contributed by atoms with Crippen molar-refractivity contribution in [3.8, 4) is 61.3 Å². The van der Waals surface area contributed by atoms with Gasteiger partial charge in [-0.3, -0.25) is 0 Å². The van der Waals surface area contributed by atoms with Crippen molar-refractivity contribution in [1.29, 1.82) is 0 Å². The molecule has 0 amide bonds. The van der Waals surface area contributed by atoms with E-state index in [1.807, 2.05) is 0 Å². The first-order valence-corrected chi connectivity index (χ1v) is 29.9. The predicted octanol–water partition coefficient (Wildman–Crippen LogP) is 23.5. The molecule has 408 valence electrons. The molecule has 1 heterocycles. The Morgan fingerprint density at radius 1 is 0.161 bits per heavy atom. The van der Waals surface area contributed by atoms with E-state index in [9.17, 15) is 0 Å². The quantitative estimate of drug-likeness (QED) is 0.113. The number of nitrogens with zero attached hydrogens (tertiary/aromatic N) is 3. The molecule has 0 fully saturated rings. The van der Waals surface area contributed by atoms with Crippen LogP contribution in [0.25, 0.3) is 115 Å². The topological polar surface area (TPSA) is 11.4 Å². The first kappa shape index (κ1) is 51.1. The van der Waals surface area contributed by atoms with Gasteiger partial charge in [-0.05, 0) is 191 Å². The van der Waals surface area contributed by atoms with Gasteiger partial charge in [0, 0.05) is 50.6 Å². The van der Waals surface area contributed by atoms with E-state index in [4.69, 9.17) is 0 Å². The Labute approximate surface area is 506 Å². The summed E-state index contributed by atoms with van der Waals surface area (Å²) in [4.78, 5) is 4.74. The Morgan fingerprint density at radius 2 is 0.437 bits per heavy atom. The highest BCUT2D eigenvalue weighted by Gasteiger charge is 2.21. The van der Waals surface area contributed by atoms with Gasteiger partial charge in [0.1, 0.15) is 0 Å². The van der Waals surface area contributed by atoms with Crippen LogP contribution in [-0.4, -0.2) is 4.57 Å². The lowest BCUT2D eigenvalue weighted by Gasteiger charge is -2.26. The monoisotopic (exact) mass is 1110 g/mol. The Balaban J connectivity index is 0.843. The molecular weight excluding hydrogens is 1050 g/mol. The van der Waals surface area contributed by atoms with Crippen molar-refractivity contribution in [2.24, 2.45) is 0 Å². The van der Waals surface area contributed by atoms with Crippen LogP contribution in [0.2, 0.25) is 0 Å². The Morgan fingerprint density at radius 3 is 0.862 bits per heavy atom. The van der Waals surface area contributed by atoms with E-state index in [1.54, 1.807) is 0 Å². The van der Waals surface area contributed by atoms with Crippen molar-refractivity contribution in [2.75, 3.05) is 9.80 Å². The minimum absolute atomic E-state index is 1.07. The van der Waals surface area contributed by atoms with Crippen LogP contribution in [-0.2, 0) is 0 Å². The van der Waals surface area contributed by atoms with E-state index in [0.717, 1.165) is 62.0 Å². The minimum atomic E-state index is 1.07. The molecule has 3 nitrogen and oxygen atoms in total. The maximum absolute atomic E-state index is 2.47. The Kier molecular flexibility index (Phi) is 12.9. The van der Waals surface area contributed by atoms with Gasteiger partial charge in [0.05, 0.1) is 11.0 Å². The van der Waals surface area contributed by atoms with Gasteiger partial charge >= 0.3 is 0 Å². The third-order valence-electron chi connectivity index (χ3n) is 17.4. The number of hydrogen-bond acceptors (Lipinski definition) is 2. The normalized spacial score (nSPS) is 11.4. The second-order valence-electron chi connectivity index (χ2n) is 22.5. The summed E-state index contributed by atoms with van der Waals surface area (Å²) in [6.07, 6.45) is 0. The zero-order chi connectivity index (χ0) is 57.6. The smallest absolute Gasteiger partial charge is 0.0542 e. The second-order valence-corrected chi connectivity index (χ2v) is 22.5. The molecule has 15 aromatic carbocycles. The fourth-order valence-corrected chi connectivity index (χ4v) is 13.1. The fourth-order valence-electron chi connectivity index (χ4n) is 13.1. The summed E-state index contributed by atoms with van der Waals surface area (Å²) in [7, 11) is 0. The summed E-state index contributed by atoms with van der Waals surface area (Å²) in [5.74, 6) is 0. The van der Waals surface area contributed by atoms with Crippen LogP contribution in [0.15, 0.2) is 346 Å². The van der Waals surface area contributed by atoms with E-state index in [-0.39, 0.29) is 0 Å². The highest BCUT2D eigenvalue weighted by atomic mass is 15.1. The summed E-state index contributed by atoms with van der Waals surface area (Å²) in [6.45, 7) is 0. The van der Waals surface area contributed by atoms with Crippen LogP contribution >= 0.6 is 0 Å². The third kappa shape index (κ3) is 9.45. The van der Waals surface area contributed by atoms with Crippen LogP contribution in [0, 0.1) is 0 Å². The highest BCUT2D eigenvalue weighted by Crippen LogP contribution is 2.45. The van der Waals surface area contributed by atoms with Gasteiger partial charge in [-0.25, -0.2) is 0 Å². The summed E-state index contributed by atoms with van der Waals surface area (Å²) in [5, 5.41) is 9.88. The first-order valence-electron chi connectivity index (χ1n) is 29.9. The molecule has 0 radical (unpaired) electrons. The largest absolute Gasteiger partial charge is 0.311 e. The van der Waals surface area contributed by atoms with Crippen molar-refractivity contribution >= 4 is 88.2 Å². The van der Waals surface area contributed by atoms with Crippen molar-refractivity contribution in [2.45, 2.75) is 0 Å². The first-order chi connectivity index (χ1) is 43.1. The Bertz CT molecular complexity index is 5100. The summed E-state index contributed by atoms with van der Waals surface area (Å²) >= 11 is 0. The van der Waals surface area contributed by atoms with Gasteiger partial charge in [0.25, 0.3) is 0 Å². The van der Waals surface area contributed by atoms with E-state index in [2.05, 4.69) is 360 Å². The minimum Gasteiger partial charge on any atom is -0.311 e. The standard InChI is InChI=1S/C84H57N3/c1-5-17-58(18-6-1)61-29-31-62(32-30-61)65-37-46-72(47-38-65)86(71-44-35-64(36-45-71)60-21-9-3-10-22-60)73-51-54-84-82(57-73)81-55-67(41-53-83(81)87(84)74-50-52-79-77-27-14-13-25-75(77)76-26-15-16-28-78(76)80(79)56-74)66-39-48-70(49-40-66)85(68-23-11-4-12-24-68)69-42-33-63(34-43-69)59-19-7-2-8-20-59/h1-57H. The van der Waals surface area contributed by atoms with E-state index < -0.39 is 0 Å². The van der Waals surface area contributed by atoms with E-state index >= 15 is 0 Å². The zero-order valence-corrected chi connectivity index (χ0v) is 47.8. The second kappa shape index (κ2) is 21.9. The van der Waals surface area contributed by atoms with E-state index in [1.165, 1.54) is 87.6 Å². The number of anilines is 6. The van der Waals surface area contributed by atoms with Crippen LogP contribution in [0.5, 0.6) is 0 Å². The van der Waals surface area contributed by atoms with Gasteiger partial charge in [0.2, 0.25) is 0 Å². The molecule has 1 aromatic heterocycles. The number of rotatable bonds is 12. The van der Waals surface area contributed by atoms with Gasteiger partial charge in [-0.2, -0.15) is 0 Å². The lowest BCUT2D eigenvalue weighted by molar-refractivity contribution is 1.18. The number of hydrogen-bond donors (Lipinski definition) is 0. The van der Waals surface area contributed by atoms with Crippen LogP contribution in [0.1, 0.15) is 0 Å². The van der Waals surface area contributed by atoms with Crippen molar-refractivity contribution < 1.29 is 0 Å². The van der Waals surface area contributed by atoms with Crippen molar-refractivity contribution in [1.82, 2.24) is 4.57 Å². The average Bonchev–Trinajstić information content (AvgIpc) is 2.23. The molecule has 3 heteroatoms. The molecule has 0 spiro atoms. The molecule has 16 aromatic rings. The van der Waals surface area contributed by atoms with Crippen LogP contribution < -0.4 is 9.80 Å². The molecule has 0 N–H and O–H groups in total. The molecular formula is C84H57N3. The maximum Gasteiger partial charge on any atom is 0.0542 e. The van der Waals surface area contributed by atoms with Crippen LogP contribution in [0.3, 0.4) is 0 Å². The summed E-state index contributed by atoms with van der Waals surface area (Å²) in [6, 6.07) is 126. The van der Waals surface area contributed by atoms with Crippen molar-refractivity contribution in [3.63, 3.8) is 0 Å². The van der Waals surface area contributed by atoms with E-state index in [0.29, 0.717) is 0 Å². The van der Waals surface area contributed by atoms with Gasteiger partial charge in [-0.15, -0.1) is 0 Å². The molecule has 0 unspecified atom stereocenters. The van der Waals surface area contributed by atoms with Crippen LogP contribution in [0.4, 0.5) is 34.1 Å². The molecule has 16 rings (SSSR count). The fraction of sp³-hybridized carbons (Fsp3) is 0. The highest BCUT2D eigenvalue weighted by molar-refractivity contribution is 6.26. The van der Waals surface area contributed by atoms with Gasteiger partial charge in [-0.1, -0.05) is 243 Å². The maximum atomic E-state index is 2.47. The number of para-hydroxylation sites is 1. The zero-order valence-electron chi connectivity index (χ0n) is 47.8. The van der Waals surface area contributed by atoms with Gasteiger partial charge < -0.3 is 14.4 Å². The molecule has 0 aliphatic carbocycles. The molecule has 0 aliphatic rings. The molecule has 0 saturated heterocycles. The molecule has 0 aliphatic heterocycles. The Hall–Kier alpha value is -11.5. The summed E-state index contributed by atoms with van der Waals surface area (Å²) < 4.78 is 2.47. The molecule has 0 saturated carbocycles. The number of fused-ring (bicyclic) bond motifs is 9. The van der Waals surface area contributed by atoms with Gasteiger partial charge in [0.15, 0.2) is 0 Å². The molecule has 0 bridgehead atoms. The molecule has 87 heavy (non-hydrogen) atoms. The third-order valence-corrected chi connectivity index (χ3v) is 17.4. The number of benzene rings is 15. The summed E-state index contributed by atoms with van der Waals surface area (Å²) in [5.41, 5.74) is 21.7. The van der Waals surface area contributed by atoms with Crippen molar-refractivity contribution in [3.05, 3.63) is 346 Å².